The van der Waals surface area contributed by atoms with Crippen molar-refractivity contribution in [1.82, 2.24) is 5.32 Å². The second kappa shape index (κ2) is 5.56. The third-order valence-corrected chi connectivity index (χ3v) is 6.17. The van der Waals surface area contributed by atoms with Gasteiger partial charge in [-0.3, -0.25) is 0 Å². The monoisotopic (exact) mass is 239 g/mol. The van der Waals surface area contributed by atoms with Gasteiger partial charge in [0.05, 0.1) is 0 Å². The van der Waals surface area contributed by atoms with Gasteiger partial charge in [0.2, 0.25) is 0 Å². The van der Waals surface area contributed by atoms with E-state index in [-0.39, 0.29) is 10.8 Å². The Balaban J connectivity index is 5.60. The zero-order valence-electron chi connectivity index (χ0n) is 13.3. The zero-order chi connectivity index (χ0) is 13.9. The Bertz CT molecular complexity index is 250. The van der Waals surface area contributed by atoms with Crippen LogP contribution >= 0.6 is 0 Å². The van der Waals surface area contributed by atoms with Crippen LogP contribution in [-0.2, 0) is 0 Å². The molecule has 0 radical (unpaired) electrons. The summed E-state index contributed by atoms with van der Waals surface area (Å²) in [5.74, 6) is 0. The summed E-state index contributed by atoms with van der Waals surface area (Å²) in [5, 5.41) is 3.41. The van der Waals surface area contributed by atoms with Gasteiger partial charge in [-0.25, -0.2) is 0 Å². The van der Waals surface area contributed by atoms with Gasteiger partial charge in [-0.05, 0) is 24.8 Å². The van der Waals surface area contributed by atoms with E-state index >= 15 is 0 Å². The van der Waals surface area contributed by atoms with E-state index in [0.29, 0.717) is 11.5 Å². The van der Waals surface area contributed by atoms with Crippen molar-refractivity contribution in [1.29, 1.82) is 0 Å². The maximum Gasteiger partial charge on any atom is 0.0129 e. The molecule has 0 aliphatic carbocycles. The molecule has 1 N–H and O–H groups in total. The Kier molecular flexibility index (Phi) is 5.46. The Morgan fingerprint density at radius 2 is 1.53 bits per heavy atom. The van der Waals surface area contributed by atoms with E-state index in [2.05, 4.69) is 66.4 Å². The molecule has 0 fully saturated rings. The van der Waals surface area contributed by atoms with Crippen LogP contribution in [-0.4, -0.2) is 13.1 Å². The topological polar surface area (TPSA) is 12.0 Å². The maximum absolute atomic E-state index is 4.11. The van der Waals surface area contributed by atoms with Crippen molar-refractivity contribution in [2.75, 3.05) is 7.05 Å². The molecule has 0 bridgehead atoms. The Morgan fingerprint density at radius 1 is 1.12 bits per heavy atom. The zero-order valence-corrected chi connectivity index (χ0v) is 13.3. The molecule has 0 aliphatic heterocycles. The van der Waals surface area contributed by atoms with Crippen LogP contribution in [0.2, 0.25) is 0 Å². The minimum atomic E-state index is 0.0858. The van der Waals surface area contributed by atoms with Gasteiger partial charge in [-0.1, -0.05) is 60.5 Å². The lowest BCUT2D eigenvalue weighted by atomic mass is 9.50. The van der Waals surface area contributed by atoms with Crippen molar-refractivity contribution in [2.45, 2.75) is 67.3 Å². The molecule has 0 aromatic rings. The number of hydrogen-bond donors (Lipinski definition) is 1. The summed E-state index contributed by atoms with van der Waals surface area (Å²) in [7, 11) is 2.04. The smallest absolute Gasteiger partial charge is 0.0129 e. The molecule has 0 amide bonds. The van der Waals surface area contributed by atoms with Crippen molar-refractivity contribution >= 4 is 0 Å². The highest BCUT2D eigenvalue weighted by atomic mass is 14.9. The van der Waals surface area contributed by atoms with Crippen molar-refractivity contribution < 1.29 is 0 Å². The standard InChI is InChI=1S/C16H33N/c1-10-15(7,11-2)14(5,6)16(8,12-3)13(4)17-9/h12-13,17H,3,10-11H2,1-2,4-9H3. The third kappa shape index (κ3) is 2.45. The van der Waals surface area contributed by atoms with Crippen LogP contribution in [0.1, 0.15) is 61.3 Å². The van der Waals surface area contributed by atoms with Crippen LogP contribution in [0.4, 0.5) is 0 Å². The van der Waals surface area contributed by atoms with Crippen LogP contribution in [0.3, 0.4) is 0 Å². The van der Waals surface area contributed by atoms with Gasteiger partial charge in [0, 0.05) is 11.5 Å². The lowest BCUT2D eigenvalue weighted by molar-refractivity contribution is -0.0352. The van der Waals surface area contributed by atoms with Gasteiger partial charge in [0.15, 0.2) is 0 Å². The number of nitrogens with one attached hydrogen (secondary N) is 1. The average Bonchev–Trinajstić information content (AvgIpc) is 2.34. The SMILES string of the molecule is C=CC(C)(C(C)NC)C(C)(C)C(C)(CC)CC. The van der Waals surface area contributed by atoms with Crippen molar-refractivity contribution in [3.63, 3.8) is 0 Å². The molecule has 102 valence electrons. The molecule has 0 spiro atoms. The molecule has 0 aromatic carbocycles. The lowest BCUT2D eigenvalue weighted by Gasteiger charge is -2.56. The second-order valence-corrected chi connectivity index (χ2v) is 6.39. The van der Waals surface area contributed by atoms with Gasteiger partial charge < -0.3 is 5.32 Å². The molecule has 2 atom stereocenters. The van der Waals surface area contributed by atoms with E-state index in [1.807, 2.05) is 7.05 Å². The van der Waals surface area contributed by atoms with Gasteiger partial charge in [-0.2, -0.15) is 0 Å². The third-order valence-electron chi connectivity index (χ3n) is 6.17. The first-order chi connectivity index (χ1) is 7.66. The summed E-state index contributed by atoms with van der Waals surface area (Å²) in [6.07, 6.45) is 4.56. The summed E-state index contributed by atoms with van der Waals surface area (Å²) in [4.78, 5) is 0. The van der Waals surface area contributed by atoms with Crippen molar-refractivity contribution in [2.24, 2.45) is 16.2 Å². The molecule has 0 saturated heterocycles. The van der Waals surface area contributed by atoms with E-state index in [1.165, 1.54) is 12.8 Å². The maximum atomic E-state index is 4.11. The van der Waals surface area contributed by atoms with Gasteiger partial charge in [-0.15, -0.1) is 6.58 Å². The molecular weight excluding hydrogens is 206 g/mol. The molecule has 0 aromatic heterocycles. The van der Waals surface area contributed by atoms with Crippen LogP contribution < -0.4 is 5.32 Å². The van der Waals surface area contributed by atoms with Gasteiger partial charge in [0.1, 0.15) is 0 Å². The van der Waals surface area contributed by atoms with E-state index in [9.17, 15) is 0 Å². The first-order valence-corrected chi connectivity index (χ1v) is 6.97. The van der Waals surface area contributed by atoms with E-state index in [4.69, 9.17) is 0 Å². The van der Waals surface area contributed by atoms with Crippen LogP contribution in [0, 0.1) is 16.2 Å². The largest absolute Gasteiger partial charge is 0.316 e. The fourth-order valence-electron chi connectivity index (χ4n) is 3.06. The number of rotatable bonds is 7. The molecule has 0 rings (SSSR count). The molecule has 1 nitrogen and oxygen atoms in total. The normalized spacial score (nSPS) is 18.6. The van der Waals surface area contributed by atoms with E-state index in [0.717, 1.165) is 0 Å². The molecule has 0 saturated carbocycles. The lowest BCUT2D eigenvalue weighted by Crippen LogP contribution is -2.54. The van der Waals surface area contributed by atoms with E-state index < -0.39 is 0 Å². The summed E-state index contributed by atoms with van der Waals surface area (Å²) >= 11 is 0. The molecular formula is C16H33N. The minimum Gasteiger partial charge on any atom is -0.316 e. The predicted molar refractivity (Wildman–Crippen MR) is 79.3 cm³/mol. The summed E-state index contributed by atoms with van der Waals surface area (Å²) in [6, 6.07) is 0.424. The Labute approximate surface area is 109 Å². The summed E-state index contributed by atoms with van der Waals surface area (Å²) in [5.41, 5.74) is 0.622. The summed E-state index contributed by atoms with van der Waals surface area (Å²) < 4.78 is 0. The fraction of sp³-hybridized carbons (Fsp3) is 0.875. The highest BCUT2D eigenvalue weighted by Crippen LogP contribution is 2.56. The summed E-state index contributed by atoms with van der Waals surface area (Å²) in [6.45, 7) is 20.5. The van der Waals surface area contributed by atoms with Gasteiger partial charge >= 0.3 is 0 Å². The van der Waals surface area contributed by atoms with Gasteiger partial charge in [0.25, 0.3) is 0 Å². The average molecular weight is 239 g/mol. The quantitative estimate of drug-likeness (QED) is 0.638. The van der Waals surface area contributed by atoms with Crippen molar-refractivity contribution in [3.8, 4) is 0 Å². The minimum absolute atomic E-state index is 0.0858. The Hall–Kier alpha value is -0.300. The molecule has 1 heteroatoms. The first kappa shape index (κ1) is 16.7. The molecule has 17 heavy (non-hydrogen) atoms. The van der Waals surface area contributed by atoms with E-state index in [1.54, 1.807) is 0 Å². The van der Waals surface area contributed by atoms with Crippen LogP contribution in [0.5, 0.6) is 0 Å². The molecule has 0 aliphatic rings. The van der Waals surface area contributed by atoms with Crippen LogP contribution in [0.25, 0.3) is 0 Å². The highest BCUT2D eigenvalue weighted by molar-refractivity contribution is 5.11. The molecule has 2 unspecified atom stereocenters. The second-order valence-electron chi connectivity index (χ2n) is 6.39. The highest BCUT2D eigenvalue weighted by Gasteiger charge is 2.51. The molecule has 0 heterocycles. The predicted octanol–water partition coefficient (Wildman–Crippen LogP) is 4.64. The Morgan fingerprint density at radius 3 is 1.76 bits per heavy atom. The fourth-order valence-corrected chi connectivity index (χ4v) is 3.06. The number of hydrogen-bond acceptors (Lipinski definition) is 1. The first-order valence-electron chi connectivity index (χ1n) is 6.97. The van der Waals surface area contributed by atoms with Crippen LogP contribution in [0.15, 0.2) is 12.7 Å². The van der Waals surface area contributed by atoms with Crippen molar-refractivity contribution in [3.05, 3.63) is 12.7 Å².